The van der Waals surface area contributed by atoms with Crippen LogP contribution in [0.25, 0.3) is 66.8 Å². The first kappa shape index (κ1) is 39.6. The van der Waals surface area contributed by atoms with Crippen LogP contribution >= 0.6 is 0 Å². The maximum atomic E-state index is 10.0. The number of anilines is 3. The van der Waals surface area contributed by atoms with Crippen LogP contribution in [0.1, 0.15) is 11.1 Å². The van der Waals surface area contributed by atoms with E-state index in [-0.39, 0.29) is 30.5 Å². The van der Waals surface area contributed by atoms with Crippen LogP contribution in [0, 0.1) is 0 Å². The Labute approximate surface area is 360 Å². The molecule has 0 amide bonds. The van der Waals surface area contributed by atoms with Gasteiger partial charge in [0.25, 0.3) is 0 Å². The van der Waals surface area contributed by atoms with E-state index in [1.54, 1.807) is 24.3 Å². The predicted molar refractivity (Wildman–Crippen MR) is 251 cm³/mol. The molecule has 302 valence electrons. The van der Waals surface area contributed by atoms with Crippen LogP contribution in [0.5, 0.6) is 17.2 Å². The fourth-order valence-electron chi connectivity index (χ4n) is 7.86. The van der Waals surface area contributed by atoms with E-state index in [0.717, 1.165) is 83.8 Å². The third-order valence-electron chi connectivity index (χ3n) is 11.4. The number of hydrogen-bond donors (Lipinski definition) is 5. The van der Waals surface area contributed by atoms with Crippen molar-refractivity contribution in [3.63, 3.8) is 0 Å². The molecule has 0 aliphatic rings. The predicted octanol–water partition coefficient (Wildman–Crippen LogP) is 13.3. The average Bonchev–Trinajstić information content (AvgIpc) is 3.33. The highest BCUT2D eigenvalue weighted by atomic mass is 16.3. The molecule has 0 bridgehead atoms. The van der Waals surface area contributed by atoms with Crippen molar-refractivity contribution in [1.82, 2.24) is 0 Å². The minimum atomic E-state index is -0.225. The molecule has 0 unspecified atom stereocenters. The molecule has 0 aliphatic carbocycles. The van der Waals surface area contributed by atoms with Crippen molar-refractivity contribution in [3.8, 4) is 84.0 Å². The Morgan fingerprint density at radius 3 is 0.726 bits per heavy atom. The zero-order valence-electron chi connectivity index (χ0n) is 33.7. The first-order valence-electron chi connectivity index (χ1n) is 20.4. The molecule has 0 saturated carbocycles. The number of rotatable bonds is 11. The summed E-state index contributed by atoms with van der Waals surface area (Å²) in [7, 11) is 0. The summed E-state index contributed by atoms with van der Waals surface area (Å²) in [6.45, 7) is -0.451. The molecular weight excluding hydrogens is 767 g/mol. The molecule has 9 aromatic rings. The number of hydrogen-bond acceptors (Lipinski definition) is 6. The molecule has 6 heteroatoms. The molecule has 0 radical (unpaired) electrons. The Hall–Kier alpha value is -7.90. The minimum Gasteiger partial charge on any atom is -0.508 e. The Balaban J connectivity index is 1.00. The summed E-state index contributed by atoms with van der Waals surface area (Å²) in [6, 6.07) is 68.6. The van der Waals surface area contributed by atoms with E-state index in [1.165, 1.54) is 0 Å². The number of benzene rings is 9. The van der Waals surface area contributed by atoms with Gasteiger partial charge in [-0.05, 0) is 140 Å². The summed E-state index contributed by atoms with van der Waals surface area (Å²) in [6.07, 6.45) is 0. The smallest absolute Gasteiger partial charge is 0.121 e. The number of nitrogens with zero attached hydrogens (tertiary/aromatic N) is 1. The molecule has 0 aromatic heterocycles. The van der Waals surface area contributed by atoms with Crippen LogP contribution in [-0.2, 0) is 13.2 Å². The molecule has 5 N–H and O–H groups in total. The lowest BCUT2D eigenvalue weighted by Crippen LogP contribution is -2.09. The third kappa shape index (κ3) is 8.29. The summed E-state index contributed by atoms with van der Waals surface area (Å²) in [5, 5.41) is 49.0. The van der Waals surface area contributed by atoms with Crippen LogP contribution in [0.3, 0.4) is 0 Å². The Morgan fingerprint density at radius 1 is 0.258 bits per heavy atom. The van der Waals surface area contributed by atoms with E-state index in [2.05, 4.69) is 150 Å². The molecule has 62 heavy (non-hydrogen) atoms. The lowest BCUT2D eigenvalue weighted by molar-refractivity contribution is 0.275. The molecule has 0 atom stereocenters. The van der Waals surface area contributed by atoms with Crippen LogP contribution in [0.15, 0.2) is 206 Å². The molecule has 0 fully saturated rings. The summed E-state index contributed by atoms with van der Waals surface area (Å²) in [5.74, 6) is 0.421. The molecule has 0 aliphatic heterocycles. The zero-order valence-corrected chi connectivity index (χ0v) is 33.7. The highest BCUT2D eigenvalue weighted by molar-refractivity contribution is 5.82. The van der Waals surface area contributed by atoms with E-state index in [1.807, 2.05) is 36.4 Å². The van der Waals surface area contributed by atoms with Crippen molar-refractivity contribution in [2.24, 2.45) is 0 Å². The number of phenolic OH excluding ortho intramolecular Hbond substituents is 1. The second kappa shape index (κ2) is 17.4. The van der Waals surface area contributed by atoms with Gasteiger partial charge in [0.1, 0.15) is 17.2 Å². The van der Waals surface area contributed by atoms with E-state index in [9.17, 15) is 25.5 Å². The van der Waals surface area contributed by atoms with E-state index in [0.29, 0.717) is 11.1 Å². The SMILES string of the molecule is OCc1cc(-c2ccc(-c3ccc(N(c4ccc(-c5ccc(-c6ccc(O)cc6)cc5)cc4)c4ccc(-c5ccc(-c6ccc(O)c(CO)c6)cc5)cc4)cc3)cc2)ccc1O. The molecule has 0 spiro atoms. The highest BCUT2D eigenvalue weighted by Crippen LogP contribution is 2.39. The maximum absolute atomic E-state index is 10.0. The van der Waals surface area contributed by atoms with Crippen molar-refractivity contribution in [1.29, 1.82) is 0 Å². The van der Waals surface area contributed by atoms with Gasteiger partial charge in [0.2, 0.25) is 0 Å². The molecule has 6 nitrogen and oxygen atoms in total. The fourth-order valence-corrected chi connectivity index (χ4v) is 7.86. The van der Waals surface area contributed by atoms with Gasteiger partial charge in [-0.1, -0.05) is 133 Å². The molecule has 9 aromatic carbocycles. The third-order valence-corrected chi connectivity index (χ3v) is 11.4. The van der Waals surface area contributed by atoms with Gasteiger partial charge < -0.3 is 30.4 Å². The van der Waals surface area contributed by atoms with Crippen molar-refractivity contribution in [2.75, 3.05) is 4.90 Å². The first-order valence-corrected chi connectivity index (χ1v) is 20.4. The van der Waals surface area contributed by atoms with Gasteiger partial charge in [-0.25, -0.2) is 0 Å². The van der Waals surface area contributed by atoms with E-state index in [4.69, 9.17) is 0 Å². The van der Waals surface area contributed by atoms with Crippen molar-refractivity contribution in [3.05, 3.63) is 217 Å². The van der Waals surface area contributed by atoms with E-state index >= 15 is 0 Å². The van der Waals surface area contributed by atoms with Crippen LogP contribution in [-0.4, -0.2) is 25.5 Å². The fraction of sp³-hybridized carbons (Fsp3) is 0.0357. The van der Waals surface area contributed by atoms with Gasteiger partial charge in [-0.15, -0.1) is 0 Å². The van der Waals surface area contributed by atoms with Gasteiger partial charge in [0.15, 0.2) is 0 Å². The maximum Gasteiger partial charge on any atom is 0.121 e. The van der Waals surface area contributed by atoms with Crippen molar-refractivity contribution >= 4 is 17.1 Å². The van der Waals surface area contributed by atoms with E-state index < -0.39 is 0 Å². The van der Waals surface area contributed by atoms with Crippen LogP contribution < -0.4 is 4.90 Å². The lowest BCUT2D eigenvalue weighted by Gasteiger charge is -2.26. The summed E-state index contributed by atoms with van der Waals surface area (Å²) in [5.41, 5.74) is 16.5. The monoisotopic (exact) mass is 809 g/mol. The molecule has 0 saturated heterocycles. The average molecular weight is 810 g/mol. The summed E-state index contributed by atoms with van der Waals surface area (Å²) >= 11 is 0. The van der Waals surface area contributed by atoms with Crippen molar-refractivity contribution in [2.45, 2.75) is 13.2 Å². The second-order valence-electron chi connectivity index (χ2n) is 15.3. The van der Waals surface area contributed by atoms with Gasteiger partial charge in [0, 0.05) is 28.2 Å². The minimum absolute atomic E-state index is 0.0860. The molecule has 9 rings (SSSR count). The number of aliphatic hydroxyl groups is 2. The Bertz CT molecular complexity index is 2800. The number of aliphatic hydroxyl groups excluding tert-OH is 2. The normalized spacial score (nSPS) is 11.1. The van der Waals surface area contributed by atoms with Crippen molar-refractivity contribution < 1.29 is 25.5 Å². The first-order chi connectivity index (χ1) is 30.3. The lowest BCUT2D eigenvalue weighted by atomic mass is 9.98. The van der Waals surface area contributed by atoms with Crippen LogP contribution in [0.4, 0.5) is 17.1 Å². The Kier molecular flexibility index (Phi) is 11.1. The standard InChI is InChI=1S/C56H43NO5/c58-35-49-33-47(21-31-55(49)61)45-9-5-38(6-10-45)42-15-25-52(26-16-42)57(51-23-13-41(14-24-51)37-1-3-40(4-2-37)44-19-29-54(60)30-20-44)53-27-17-43(18-28-53)39-7-11-46(12-8-39)48-22-32-56(62)50(34-48)36-59/h1-34,58-62H,35-36H2. The van der Waals surface area contributed by atoms with Gasteiger partial charge in [-0.2, -0.15) is 0 Å². The number of phenols is 3. The second-order valence-corrected chi connectivity index (χ2v) is 15.3. The topological polar surface area (TPSA) is 104 Å². The van der Waals surface area contributed by atoms with Gasteiger partial charge >= 0.3 is 0 Å². The summed E-state index contributed by atoms with van der Waals surface area (Å²) < 4.78 is 0. The van der Waals surface area contributed by atoms with Gasteiger partial charge in [-0.3, -0.25) is 0 Å². The highest BCUT2D eigenvalue weighted by Gasteiger charge is 2.15. The Morgan fingerprint density at radius 2 is 0.468 bits per heavy atom. The molecular formula is C56H43NO5. The summed E-state index contributed by atoms with van der Waals surface area (Å²) in [4.78, 5) is 2.25. The van der Waals surface area contributed by atoms with Gasteiger partial charge in [0.05, 0.1) is 13.2 Å². The zero-order chi connectivity index (χ0) is 42.6. The number of aromatic hydroxyl groups is 3. The molecule has 0 heterocycles. The largest absolute Gasteiger partial charge is 0.508 e. The quantitative estimate of drug-likeness (QED) is 0.0891. The van der Waals surface area contributed by atoms with Crippen LogP contribution in [0.2, 0.25) is 0 Å².